The molecule has 2 aromatic rings. The van der Waals surface area contributed by atoms with Gasteiger partial charge in [0.25, 0.3) is 0 Å². The number of aryl methyl sites for hydroxylation is 1. The molecule has 0 aromatic heterocycles. The molecule has 0 amide bonds. The van der Waals surface area contributed by atoms with Gasteiger partial charge in [-0.15, -0.1) is 11.6 Å². The van der Waals surface area contributed by atoms with Gasteiger partial charge in [0.2, 0.25) is 0 Å². The van der Waals surface area contributed by atoms with E-state index >= 15 is 0 Å². The predicted molar refractivity (Wildman–Crippen MR) is 93.0 cm³/mol. The third kappa shape index (κ3) is 2.71. The Hall–Kier alpha value is -1.01. The second-order valence-electron chi connectivity index (χ2n) is 7.26. The fourth-order valence-corrected chi connectivity index (χ4v) is 4.79. The molecule has 2 unspecified atom stereocenters. The topological polar surface area (TPSA) is 0 Å². The van der Waals surface area contributed by atoms with Crippen molar-refractivity contribution >= 4 is 22.4 Å². The first-order chi connectivity index (χ1) is 10.0. The smallest absolute Gasteiger partial charge is 0.0627 e. The quantitative estimate of drug-likeness (QED) is 0.545. The standard InChI is InChI=1S/C20H25Cl/c1-14-11-12-15-8-4-5-9-16(15)18(14)19(21)17-10-6-7-13-20(17,2)3/h4-5,8-9,11-12,17,19H,6-7,10,13H2,1-3H3. The number of hydrogen-bond acceptors (Lipinski definition) is 0. The average Bonchev–Trinajstić information content (AvgIpc) is 2.46. The van der Waals surface area contributed by atoms with Crippen molar-refractivity contribution in [3.8, 4) is 0 Å². The largest absolute Gasteiger partial charge is 0.117 e. The lowest BCUT2D eigenvalue weighted by Crippen LogP contribution is -2.31. The molecule has 112 valence electrons. The Balaban J connectivity index is 2.09. The lowest BCUT2D eigenvalue weighted by molar-refractivity contribution is 0.133. The summed E-state index contributed by atoms with van der Waals surface area (Å²) in [5.41, 5.74) is 3.03. The molecule has 2 atom stereocenters. The van der Waals surface area contributed by atoms with Crippen molar-refractivity contribution in [1.29, 1.82) is 0 Å². The molecule has 0 heterocycles. The van der Waals surface area contributed by atoms with Crippen LogP contribution in [0, 0.1) is 18.3 Å². The molecule has 0 aliphatic heterocycles. The van der Waals surface area contributed by atoms with Gasteiger partial charge in [-0.3, -0.25) is 0 Å². The van der Waals surface area contributed by atoms with Crippen LogP contribution < -0.4 is 0 Å². The van der Waals surface area contributed by atoms with Crippen molar-refractivity contribution < 1.29 is 0 Å². The number of fused-ring (bicyclic) bond motifs is 1. The van der Waals surface area contributed by atoms with Crippen molar-refractivity contribution in [1.82, 2.24) is 0 Å². The summed E-state index contributed by atoms with van der Waals surface area (Å²) in [5, 5.41) is 2.75. The van der Waals surface area contributed by atoms with Crippen LogP contribution in [0.2, 0.25) is 0 Å². The Morgan fingerprint density at radius 3 is 2.62 bits per heavy atom. The zero-order valence-electron chi connectivity index (χ0n) is 13.3. The number of halogens is 1. The fraction of sp³-hybridized carbons (Fsp3) is 0.500. The molecule has 2 aromatic carbocycles. The molecule has 1 aliphatic rings. The highest BCUT2D eigenvalue weighted by Gasteiger charge is 2.38. The highest BCUT2D eigenvalue weighted by atomic mass is 35.5. The van der Waals surface area contributed by atoms with Crippen molar-refractivity contribution in [3.63, 3.8) is 0 Å². The van der Waals surface area contributed by atoms with E-state index in [2.05, 4.69) is 57.2 Å². The molecule has 3 rings (SSSR count). The summed E-state index contributed by atoms with van der Waals surface area (Å²) in [6.45, 7) is 6.99. The van der Waals surface area contributed by atoms with E-state index in [9.17, 15) is 0 Å². The van der Waals surface area contributed by atoms with Crippen LogP contribution in [0.25, 0.3) is 10.8 Å². The zero-order chi connectivity index (χ0) is 15.0. The summed E-state index contributed by atoms with van der Waals surface area (Å²) >= 11 is 7.05. The molecule has 0 N–H and O–H groups in total. The van der Waals surface area contributed by atoms with E-state index in [0.717, 1.165) is 0 Å². The number of benzene rings is 2. The molecule has 0 spiro atoms. The molecular weight excluding hydrogens is 276 g/mol. The Kier molecular flexibility index (Phi) is 4.01. The fourth-order valence-electron chi connectivity index (χ4n) is 4.04. The zero-order valence-corrected chi connectivity index (χ0v) is 14.1. The maximum absolute atomic E-state index is 7.05. The molecule has 1 heteroatoms. The van der Waals surface area contributed by atoms with Gasteiger partial charge in [-0.05, 0) is 53.0 Å². The van der Waals surface area contributed by atoms with Crippen LogP contribution in [0.1, 0.15) is 56.0 Å². The predicted octanol–water partition coefficient (Wildman–Crippen LogP) is 6.64. The summed E-state index contributed by atoms with van der Waals surface area (Å²) in [5.74, 6) is 0.567. The Morgan fingerprint density at radius 1 is 1.10 bits per heavy atom. The van der Waals surface area contributed by atoms with Crippen LogP contribution in [-0.4, -0.2) is 0 Å². The number of hydrogen-bond donors (Lipinski definition) is 0. The maximum Gasteiger partial charge on any atom is 0.0627 e. The number of rotatable bonds is 2. The molecule has 0 saturated heterocycles. The lowest BCUT2D eigenvalue weighted by Gasteiger charge is -2.42. The average molecular weight is 301 g/mol. The van der Waals surface area contributed by atoms with Gasteiger partial charge >= 0.3 is 0 Å². The minimum atomic E-state index is 0.117. The first kappa shape index (κ1) is 14.9. The highest BCUT2D eigenvalue weighted by molar-refractivity contribution is 6.22. The van der Waals surface area contributed by atoms with Crippen LogP contribution in [0.15, 0.2) is 36.4 Å². The summed E-state index contributed by atoms with van der Waals surface area (Å²) in [6.07, 6.45) is 5.22. The normalized spacial score (nSPS) is 23.1. The second kappa shape index (κ2) is 5.65. The molecule has 1 saturated carbocycles. The van der Waals surface area contributed by atoms with E-state index in [-0.39, 0.29) is 5.38 Å². The van der Waals surface area contributed by atoms with Gasteiger partial charge in [0.15, 0.2) is 0 Å². The van der Waals surface area contributed by atoms with Crippen LogP contribution in [0.3, 0.4) is 0 Å². The Morgan fingerprint density at radius 2 is 1.86 bits per heavy atom. The van der Waals surface area contributed by atoms with Crippen LogP contribution >= 0.6 is 11.6 Å². The van der Waals surface area contributed by atoms with E-state index in [4.69, 9.17) is 11.6 Å². The molecule has 0 nitrogen and oxygen atoms in total. The van der Waals surface area contributed by atoms with E-state index in [1.54, 1.807) is 0 Å². The summed E-state index contributed by atoms with van der Waals surface area (Å²) in [4.78, 5) is 0. The molecule has 21 heavy (non-hydrogen) atoms. The van der Waals surface area contributed by atoms with E-state index in [0.29, 0.717) is 11.3 Å². The number of alkyl halides is 1. The van der Waals surface area contributed by atoms with Gasteiger partial charge in [-0.1, -0.05) is 63.1 Å². The van der Waals surface area contributed by atoms with E-state index in [1.165, 1.54) is 47.6 Å². The van der Waals surface area contributed by atoms with Crippen molar-refractivity contribution in [2.45, 2.75) is 51.8 Å². The molecule has 0 radical (unpaired) electrons. The van der Waals surface area contributed by atoms with Gasteiger partial charge in [-0.25, -0.2) is 0 Å². The van der Waals surface area contributed by atoms with Crippen molar-refractivity contribution in [3.05, 3.63) is 47.5 Å². The first-order valence-corrected chi connectivity index (χ1v) is 8.57. The summed E-state index contributed by atoms with van der Waals surface area (Å²) in [7, 11) is 0. The molecule has 0 bridgehead atoms. The highest BCUT2D eigenvalue weighted by Crippen LogP contribution is 2.50. The van der Waals surface area contributed by atoms with Crippen LogP contribution in [0.4, 0.5) is 0 Å². The molecule has 1 aliphatic carbocycles. The van der Waals surface area contributed by atoms with Gasteiger partial charge < -0.3 is 0 Å². The van der Waals surface area contributed by atoms with Crippen LogP contribution in [0.5, 0.6) is 0 Å². The van der Waals surface area contributed by atoms with Gasteiger partial charge in [0.05, 0.1) is 5.38 Å². The van der Waals surface area contributed by atoms with Gasteiger partial charge in [0, 0.05) is 0 Å². The van der Waals surface area contributed by atoms with Crippen molar-refractivity contribution in [2.75, 3.05) is 0 Å². The van der Waals surface area contributed by atoms with E-state index < -0.39 is 0 Å². The van der Waals surface area contributed by atoms with E-state index in [1.807, 2.05) is 0 Å². The second-order valence-corrected chi connectivity index (χ2v) is 7.73. The maximum atomic E-state index is 7.05. The van der Waals surface area contributed by atoms with Crippen LogP contribution in [-0.2, 0) is 0 Å². The SMILES string of the molecule is Cc1ccc2ccccc2c1C(Cl)C1CCCCC1(C)C. The Labute approximate surface area is 133 Å². The van der Waals surface area contributed by atoms with Gasteiger partial charge in [0.1, 0.15) is 0 Å². The third-order valence-electron chi connectivity index (χ3n) is 5.41. The lowest BCUT2D eigenvalue weighted by atomic mass is 9.66. The first-order valence-electron chi connectivity index (χ1n) is 8.13. The molecule has 1 fully saturated rings. The monoisotopic (exact) mass is 300 g/mol. The van der Waals surface area contributed by atoms with Crippen molar-refractivity contribution in [2.24, 2.45) is 11.3 Å². The minimum Gasteiger partial charge on any atom is -0.117 e. The Bertz CT molecular complexity index is 641. The molecular formula is C20H25Cl. The summed E-state index contributed by atoms with van der Waals surface area (Å²) < 4.78 is 0. The third-order valence-corrected chi connectivity index (χ3v) is 5.93. The minimum absolute atomic E-state index is 0.117. The van der Waals surface area contributed by atoms with Gasteiger partial charge in [-0.2, -0.15) is 0 Å². The summed E-state index contributed by atoms with van der Waals surface area (Å²) in [6, 6.07) is 13.1.